The van der Waals surface area contributed by atoms with Crippen LogP contribution >= 0.6 is 11.6 Å². The van der Waals surface area contributed by atoms with Gasteiger partial charge in [-0.1, -0.05) is 5.21 Å². The van der Waals surface area contributed by atoms with Crippen molar-refractivity contribution in [2.75, 3.05) is 31.8 Å². The molecule has 1 fully saturated rings. The molecule has 0 aliphatic carbocycles. The molecule has 0 bridgehead atoms. The Kier molecular flexibility index (Phi) is 4.39. The summed E-state index contributed by atoms with van der Waals surface area (Å²) in [4.78, 5) is 22.8. The van der Waals surface area contributed by atoms with Crippen molar-refractivity contribution < 1.29 is 19.0 Å². The second-order valence-electron chi connectivity index (χ2n) is 6.88. The summed E-state index contributed by atoms with van der Waals surface area (Å²) in [6, 6.07) is 0.0993. The number of anilines is 1. The van der Waals surface area contributed by atoms with Crippen molar-refractivity contribution in [2.24, 2.45) is 0 Å². The standard InChI is InChI=1S/C16H19ClN6O4/c1-9-6-26-7-16(2)8-27-12-10(19-15(17)20-13(12)23(9)16)5-22-11(4-18-21-22)14(24)25-3/h4,9H,5-8H2,1-3H3/t9-,16?/m1/s1. The molecule has 1 unspecified atom stereocenters. The van der Waals surface area contributed by atoms with Crippen molar-refractivity contribution in [1.29, 1.82) is 0 Å². The molecule has 0 saturated carbocycles. The van der Waals surface area contributed by atoms with E-state index in [1.54, 1.807) is 0 Å². The molecule has 11 heteroatoms. The van der Waals surface area contributed by atoms with Crippen LogP contribution in [-0.4, -0.2) is 69.4 Å². The summed E-state index contributed by atoms with van der Waals surface area (Å²) >= 11 is 6.20. The van der Waals surface area contributed by atoms with Gasteiger partial charge in [-0.25, -0.2) is 14.5 Å². The van der Waals surface area contributed by atoms with Crippen LogP contribution < -0.4 is 9.64 Å². The quantitative estimate of drug-likeness (QED) is 0.555. The van der Waals surface area contributed by atoms with Crippen LogP contribution in [0.25, 0.3) is 0 Å². The third kappa shape index (κ3) is 2.98. The van der Waals surface area contributed by atoms with E-state index in [1.165, 1.54) is 18.0 Å². The zero-order chi connectivity index (χ0) is 19.2. The van der Waals surface area contributed by atoms with Gasteiger partial charge in [0.25, 0.3) is 0 Å². The van der Waals surface area contributed by atoms with Gasteiger partial charge in [0.05, 0.1) is 44.6 Å². The van der Waals surface area contributed by atoms with Crippen LogP contribution in [0, 0.1) is 0 Å². The minimum absolute atomic E-state index is 0.0926. The lowest BCUT2D eigenvalue weighted by atomic mass is 9.96. The third-order valence-electron chi connectivity index (χ3n) is 4.75. The Hall–Kier alpha value is -2.46. The van der Waals surface area contributed by atoms with Gasteiger partial charge in [-0.3, -0.25) is 0 Å². The lowest BCUT2D eigenvalue weighted by molar-refractivity contribution is 0.00711. The molecule has 0 aromatic carbocycles. The first-order chi connectivity index (χ1) is 12.9. The maximum absolute atomic E-state index is 11.9. The molecule has 0 radical (unpaired) electrons. The molecule has 2 aromatic heterocycles. The Labute approximate surface area is 160 Å². The summed E-state index contributed by atoms with van der Waals surface area (Å²) in [7, 11) is 1.30. The van der Waals surface area contributed by atoms with E-state index in [2.05, 4.69) is 39.0 Å². The van der Waals surface area contributed by atoms with Gasteiger partial charge in [0.15, 0.2) is 17.3 Å². The minimum Gasteiger partial charge on any atom is -0.485 e. The molecule has 0 spiro atoms. The van der Waals surface area contributed by atoms with E-state index >= 15 is 0 Å². The van der Waals surface area contributed by atoms with Gasteiger partial charge >= 0.3 is 5.97 Å². The number of rotatable bonds is 3. The second kappa shape index (κ2) is 6.61. The van der Waals surface area contributed by atoms with E-state index in [1.807, 2.05) is 0 Å². The third-order valence-corrected chi connectivity index (χ3v) is 4.92. The Morgan fingerprint density at radius 3 is 3.04 bits per heavy atom. The fourth-order valence-corrected chi connectivity index (χ4v) is 3.76. The number of morpholine rings is 1. The number of fused-ring (bicyclic) bond motifs is 3. The first-order valence-electron chi connectivity index (χ1n) is 8.46. The highest BCUT2D eigenvalue weighted by molar-refractivity contribution is 6.28. The number of aromatic nitrogens is 5. The van der Waals surface area contributed by atoms with E-state index in [0.29, 0.717) is 37.1 Å². The number of ether oxygens (including phenoxy) is 3. The zero-order valence-corrected chi connectivity index (χ0v) is 15.9. The van der Waals surface area contributed by atoms with Crippen LogP contribution in [0.2, 0.25) is 5.28 Å². The molecule has 2 aromatic rings. The van der Waals surface area contributed by atoms with Crippen molar-refractivity contribution in [3.63, 3.8) is 0 Å². The minimum atomic E-state index is -0.538. The SMILES string of the molecule is COC(=O)c1cnnn1Cc1nc(Cl)nc2c1OCC1(C)COC[C@@H](C)N21. The molecular formula is C16H19ClN6O4. The van der Waals surface area contributed by atoms with Crippen LogP contribution in [0.5, 0.6) is 5.75 Å². The largest absolute Gasteiger partial charge is 0.485 e. The highest BCUT2D eigenvalue weighted by Crippen LogP contribution is 2.42. The molecule has 27 heavy (non-hydrogen) atoms. The smallest absolute Gasteiger partial charge is 0.358 e. The zero-order valence-electron chi connectivity index (χ0n) is 15.2. The van der Waals surface area contributed by atoms with E-state index in [-0.39, 0.29) is 29.1 Å². The van der Waals surface area contributed by atoms with Gasteiger partial charge in [-0.2, -0.15) is 4.98 Å². The molecule has 2 aliphatic heterocycles. The molecule has 2 atom stereocenters. The van der Waals surface area contributed by atoms with E-state index < -0.39 is 5.97 Å². The van der Waals surface area contributed by atoms with Gasteiger partial charge in [0.2, 0.25) is 5.28 Å². The van der Waals surface area contributed by atoms with E-state index in [9.17, 15) is 4.79 Å². The fraction of sp³-hybridized carbons (Fsp3) is 0.562. The lowest BCUT2D eigenvalue weighted by Gasteiger charge is -2.51. The first kappa shape index (κ1) is 17.9. The maximum Gasteiger partial charge on any atom is 0.358 e. The van der Waals surface area contributed by atoms with Crippen LogP contribution in [0.15, 0.2) is 6.20 Å². The van der Waals surface area contributed by atoms with Crippen molar-refractivity contribution in [1.82, 2.24) is 25.0 Å². The van der Waals surface area contributed by atoms with E-state index in [4.69, 9.17) is 25.8 Å². The number of halogens is 1. The summed E-state index contributed by atoms with van der Waals surface area (Å²) in [6.07, 6.45) is 1.34. The average molecular weight is 395 g/mol. The Morgan fingerprint density at radius 2 is 2.26 bits per heavy atom. The Bertz CT molecular complexity index is 890. The van der Waals surface area contributed by atoms with Crippen molar-refractivity contribution >= 4 is 23.4 Å². The number of esters is 1. The number of carbonyl (C=O) groups excluding carboxylic acids is 1. The molecule has 0 N–H and O–H groups in total. The Balaban J connectivity index is 1.76. The first-order valence-corrected chi connectivity index (χ1v) is 8.84. The molecule has 4 rings (SSSR count). The normalized spacial score (nSPS) is 24.0. The van der Waals surface area contributed by atoms with Gasteiger partial charge in [-0.05, 0) is 25.4 Å². The summed E-state index contributed by atoms with van der Waals surface area (Å²) in [6.45, 7) is 5.81. The molecule has 2 aliphatic rings. The summed E-state index contributed by atoms with van der Waals surface area (Å²) in [5, 5.41) is 7.81. The van der Waals surface area contributed by atoms with Gasteiger partial charge in [-0.15, -0.1) is 5.10 Å². The molecular weight excluding hydrogens is 376 g/mol. The number of hydrogen-bond donors (Lipinski definition) is 0. The highest BCUT2D eigenvalue weighted by Gasteiger charge is 2.46. The Morgan fingerprint density at radius 1 is 1.44 bits per heavy atom. The van der Waals surface area contributed by atoms with Crippen LogP contribution in [0.4, 0.5) is 5.82 Å². The predicted octanol–water partition coefficient (Wildman–Crippen LogP) is 0.933. The topological polar surface area (TPSA) is 104 Å². The van der Waals surface area contributed by atoms with Crippen LogP contribution in [-0.2, 0) is 16.0 Å². The van der Waals surface area contributed by atoms with Gasteiger partial charge in [0.1, 0.15) is 12.3 Å². The summed E-state index contributed by atoms with van der Waals surface area (Å²) in [5.74, 6) is 0.607. The second-order valence-corrected chi connectivity index (χ2v) is 7.22. The average Bonchev–Trinajstić information content (AvgIpc) is 3.08. The predicted molar refractivity (Wildman–Crippen MR) is 94.2 cm³/mol. The van der Waals surface area contributed by atoms with Crippen LogP contribution in [0.3, 0.4) is 0 Å². The molecule has 10 nitrogen and oxygen atoms in total. The molecule has 4 heterocycles. The number of methoxy groups -OCH3 is 1. The lowest BCUT2D eigenvalue weighted by Crippen LogP contribution is -2.64. The molecule has 0 amide bonds. The van der Waals surface area contributed by atoms with E-state index in [0.717, 1.165) is 0 Å². The maximum atomic E-state index is 11.9. The molecule has 144 valence electrons. The van der Waals surface area contributed by atoms with Crippen molar-refractivity contribution in [3.8, 4) is 5.75 Å². The van der Waals surface area contributed by atoms with Crippen molar-refractivity contribution in [2.45, 2.75) is 32.0 Å². The highest BCUT2D eigenvalue weighted by atomic mass is 35.5. The van der Waals surface area contributed by atoms with Crippen LogP contribution in [0.1, 0.15) is 30.0 Å². The summed E-state index contributed by atoms with van der Waals surface area (Å²) < 4.78 is 17.9. The van der Waals surface area contributed by atoms with Crippen molar-refractivity contribution in [3.05, 3.63) is 22.9 Å². The fourth-order valence-electron chi connectivity index (χ4n) is 3.58. The summed E-state index contributed by atoms with van der Waals surface area (Å²) in [5.41, 5.74) is 0.382. The monoisotopic (exact) mass is 394 g/mol. The van der Waals surface area contributed by atoms with Gasteiger partial charge in [0, 0.05) is 0 Å². The number of nitrogens with zero attached hydrogens (tertiary/aromatic N) is 6. The number of carbonyl (C=O) groups is 1. The molecule has 1 saturated heterocycles. The van der Waals surface area contributed by atoms with Gasteiger partial charge < -0.3 is 19.1 Å². The number of hydrogen-bond acceptors (Lipinski definition) is 9.